The summed E-state index contributed by atoms with van der Waals surface area (Å²) in [6.07, 6.45) is 11.6. The highest BCUT2D eigenvalue weighted by atomic mass is 15.0. The van der Waals surface area contributed by atoms with Crippen molar-refractivity contribution in [2.75, 3.05) is 0 Å². The van der Waals surface area contributed by atoms with Crippen molar-refractivity contribution in [1.29, 1.82) is 0 Å². The van der Waals surface area contributed by atoms with Crippen LogP contribution in [0.15, 0.2) is 0 Å². The predicted octanol–water partition coefficient (Wildman–Crippen LogP) is 4.74. The van der Waals surface area contributed by atoms with Gasteiger partial charge in [-0.2, -0.15) is 0 Å². The van der Waals surface area contributed by atoms with Gasteiger partial charge in [-0.05, 0) is 108 Å². The van der Waals surface area contributed by atoms with Crippen LogP contribution in [0.5, 0.6) is 0 Å². The van der Waals surface area contributed by atoms with Crippen LogP contribution in [0.3, 0.4) is 0 Å². The Kier molecular flexibility index (Phi) is 1.22. The summed E-state index contributed by atoms with van der Waals surface area (Å²) in [6.45, 7) is 5.31. The summed E-state index contributed by atoms with van der Waals surface area (Å²) in [5.41, 5.74) is 3.39. The molecule has 112 valence electrons. The first-order chi connectivity index (χ1) is 10.1. The second-order valence-electron chi connectivity index (χ2n) is 11.5. The summed E-state index contributed by atoms with van der Waals surface area (Å²) in [5.74, 6) is 9.84. The lowest BCUT2D eigenvalue weighted by atomic mass is 9.21. The van der Waals surface area contributed by atoms with E-state index in [1.54, 1.807) is 38.5 Å². The van der Waals surface area contributed by atoms with Crippen molar-refractivity contribution in [2.45, 2.75) is 58.8 Å². The first-order valence-electron chi connectivity index (χ1n) is 10.1. The van der Waals surface area contributed by atoms with E-state index in [0.717, 1.165) is 21.7 Å². The third kappa shape index (κ3) is 0.611. The Hall–Kier alpha value is 0. The number of fused-ring (bicyclic) bond motifs is 2. The van der Waals surface area contributed by atoms with Crippen LogP contribution in [0.4, 0.5) is 0 Å². The molecule has 2 spiro atoms. The minimum Gasteiger partial charge on any atom is -0.0648 e. The zero-order valence-electron chi connectivity index (χ0n) is 13.6. The number of hydrogen-bond acceptors (Lipinski definition) is 0. The zero-order chi connectivity index (χ0) is 13.6. The van der Waals surface area contributed by atoms with Gasteiger partial charge in [0.2, 0.25) is 0 Å². The van der Waals surface area contributed by atoms with Crippen LogP contribution in [0, 0.1) is 69.0 Å². The second kappa shape index (κ2) is 2.39. The van der Waals surface area contributed by atoms with Gasteiger partial charge in [0.15, 0.2) is 0 Å². The first kappa shape index (κ1) is 10.7. The second-order valence-corrected chi connectivity index (χ2v) is 11.5. The van der Waals surface area contributed by atoms with Crippen LogP contribution < -0.4 is 0 Å². The van der Waals surface area contributed by atoms with Crippen molar-refractivity contribution in [3.63, 3.8) is 0 Å². The fraction of sp³-hybridized carbons (Fsp3) is 1.00. The molecule has 12 atom stereocenters. The van der Waals surface area contributed by atoms with E-state index in [9.17, 15) is 0 Å². The summed E-state index contributed by atoms with van der Waals surface area (Å²) >= 11 is 0. The van der Waals surface area contributed by atoms with E-state index >= 15 is 0 Å². The number of rotatable bonds is 1. The van der Waals surface area contributed by atoms with Crippen molar-refractivity contribution in [2.24, 2.45) is 69.0 Å². The first-order valence-corrected chi connectivity index (χ1v) is 10.1. The van der Waals surface area contributed by atoms with Crippen LogP contribution in [0.2, 0.25) is 0 Å². The maximum atomic E-state index is 2.76. The lowest BCUT2D eigenvalue weighted by Crippen LogP contribution is -2.79. The molecule has 8 rings (SSSR count). The minimum absolute atomic E-state index is 0.741. The monoisotopic (exact) mass is 280 g/mol. The van der Waals surface area contributed by atoms with Crippen LogP contribution in [-0.4, -0.2) is 0 Å². The molecule has 7 bridgehead atoms. The Labute approximate surface area is 128 Å². The molecule has 0 aromatic heterocycles. The van der Waals surface area contributed by atoms with Crippen molar-refractivity contribution >= 4 is 0 Å². The van der Waals surface area contributed by atoms with E-state index in [2.05, 4.69) is 13.8 Å². The van der Waals surface area contributed by atoms with Crippen LogP contribution in [0.1, 0.15) is 58.8 Å². The summed E-state index contributed by atoms with van der Waals surface area (Å²) in [5, 5.41) is 0. The molecule has 0 saturated heterocycles. The Morgan fingerprint density at radius 2 is 1.76 bits per heavy atom. The molecule has 8 saturated carbocycles. The Balaban J connectivity index is 1.51. The quantitative estimate of drug-likeness (QED) is 0.651. The van der Waals surface area contributed by atoms with Gasteiger partial charge in [-0.1, -0.05) is 20.3 Å². The van der Waals surface area contributed by atoms with Crippen molar-refractivity contribution in [1.82, 2.24) is 0 Å². The van der Waals surface area contributed by atoms with E-state index < -0.39 is 0 Å². The van der Waals surface area contributed by atoms with E-state index in [4.69, 9.17) is 0 Å². The maximum Gasteiger partial charge on any atom is -0.0134 e. The number of hydrogen-bond donors (Lipinski definition) is 0. The Morgan fingerprint density at radius 3 is 2.62 bits per heavy atom. The van der Waals surface area contributed by atoms with Crippen molar-refractivity contribution in [3.05, 3.63) is 0 Å². The van der Waals surface area contributed by atoms with E-state index in [-0.39, 0.29) is 0 Å². The summed E-state index contributed by atoms with van der Waals surface area (Å²) in [7, 11) is 0. The predicted molar refractivity (Wildman–Crippen MR) is 81.3 cm³/mol. The van der Waals surface area contributed by atoms with Gasteiger partial charge >= 0.3 is 0 Å². The molecule has 0 nitrogen and oxygen atoms in total. The largest absolute Gasteiger partial charge is 0.0648 e. The molecule has 0 aromatic rings. The highest BCUT2D eigenvalue weighted by Crippen LogP contribution is 3.03. The molecule has 0 aliphatic heterocycles. The SMILES string of the molecule is CCC1(C)CC23CC4C5CC6C7CC5C5C(C2)C1(C3)C75C46. The van der Waals surface area contributed by atoms with Gasteiger partial charge in [0.25, 0.3) is 0 Å². The van der Waals surface area contributed by atoms with Crippen LogP contribution in [0.25, 0.3) is 0 Å². The Morgan fingerprint density at radius 1 is 0.857 bits per heavy atom. The van der Waals surface area contributed by atoms with Crippen molar-refractivity contribution in [3.8, 4) is 0 Å². The van der Waals surface area contributed by atoms with Gasteiger partial charge in [-0.25, -0.2) is 0 Å². The summed E-state index contributed by atoms with van der Waals surface area (Å²) < 4.78 is 0. The fourth-order valence-corrected chi connectivity index (χ4v) is 12.9. The fourth-order valence-electron chi connectivity index (χ4n) is 12.9. The molecule has 8 aliphatic carbocycles. The minimum atomic E-state index is 0.741. The van der Waals surface area contributed by atoms with Crippen LogP contribution >= 0.6 is 0 Å². The molecule has 0 heteroatoms. The summed E-state index contributed by atoms with van der Waals surface area (Å²) in [4.78, 5) is 0. The highest BCUT2D eigenvalue weighted by Gasteiger charge is 2.98. The molecule has 8 fully saturated rings. The molecule has 0 radical (unpaired) electrons. The highest BCUT2D eigenvalue weighted by molar-refractivity contribution is 5.45. The normalized spacial score (nSPS) is 85.4. The standard InChI is InChI=1S/C21H28/c1-3-18(2)8-19-6-13-10-4-12-14-5-11(10)17-15(7-19)20(18,9-19)21(14,17)16(12)13/h10-17H,3-9H2,1-2H3. The third-order valence-corrected chi connectivity index (χ3v) is 12.2. The van der Waals surface area contributed by atoms with E-state index in [0.29, 0.717) is 0 Å². The average molecular weight is 280 g/mol. The van der Waals surface area contributed by atoms with Gasteiger partial charge in [0.05, 0.1) is 0 Å². The average Bonchev–Trinajstić information content (AvgIpc) is 2.93. The smallest absolute Gasteiger partial charge is 0.0134 e. The summed E-state index contributed by atoms with van der Waals surface area (Å²) in [6, 6.07) is 0. The molecule has 12 unspecified atom stereocenters. The zero-order valence-corrected chi connectivity index (χ0v) is 13.6. The molecular weight excluding hydrogens is 252 g/mol. The van der Waals surface area contributed by atoms with Gasteiger partial charge in [-0.3, -0.25) is 0 Å². The molecule has 8 aliphatic rings. The third-order valence-electron chi connectivity index (χ3n) is 12.2. The molecule has 0 amide bonds. The van der Waals surface area contributed by atoms with E-state index in [1.807, 2.05) is 0 Å². The lowest BCUT2D eigenvalue weighted by Gasteiger charge is -2.83. The molecule has 0 heterocycles. The van der Waals surface area contributed by atoms with Gasteiger partial charge in [-0.15, -0.1) is 0 Å². The van der Waals surface area contributed by atoms with Gasteiger partial charge in [0.1, 0.15) is 0 Å². The van der Waals surface area contributed by atoms with Gasteiger partial charge in [0, 0.05) is 0 Å². The molecule has 21 heavy (non-hydrogen) atoms. The lowest BCUT2D eigenvalue weighted by molar-refractivity contribution is -0.365. The Bertz CT molecular complexity index is 632. The molecule has 0 aromatic carbocycles. The topological polar surface area (TPSA) is 0 Å². The van der Waals surface area contributed by atoms with Crippen molar-refractivity contribution < 1.29 is 0 Å². The van der Waals surface area contributed by atoms with E-state index in [1.165, 1.54) is 53.8 Å². The van der Waals surface area contributed by atoms with Crippen LogP contribution in [-0.2, 0) is 0 Å². The maximum absolute atomic E-state index is 2.76. The molecular formula is C21H28. The van der Waals surface area contributed by atoms with Gasteiger partial charge < -0.3 is 0 Å². The molecule has 0 N–H and O–H groups in total.